The molecule has 0 aliphatic heterocycles. The van der Waals surface area contributed by atoms with Crippen molar-refractivity contribution in [1.29, 1.82) is 0 Å². The van der Waals surface area contributed by atoms with E-state index in [-0.39, 0.29) is 10.6 Å². The van der Waals surface area contributed by atoms with Gasteiger partial charge in [0.2, 0.25) is 0 Å². The van der Waals surface area contributed by atoms with E-state index in [0.717, 1.165) is 0 Å². The lowest BCUT2D eigenvalue weighted by Crippen LogP contribution is -2.12. The molecule has 0 radical (unpaired) electrons. The van der Waals surface area contributed by atoms with E-state index in [0.29, 0.717) is 10.9 Å². The zero-order valence-corrected chi connectivity index (χ0v) is 8.21. The van der Waals surface area contributed by atoms with E-state index in [9.17, 15) is 9.59 Å². The summed E-state index contributed by atoms with van der Waals surface area (Å²) in [5, 5.41) is 9.09. The van der Waals surface area contributed by atoms with E-state index in [1.807, 2.05) is 0 Å². The Hall–Kier alpha value is -1.81. The molecule has 0 saturated heterocycles. The fraction of sp³-hybridized carbons (Fsp3) is 0. The van der Waals surface area contributed by atoms with Crippen molar-refractivity contribution in [1.82, 2.24) is 4.98 Å². The molecule has 2 N–H and O–H groups in total. The minimum absolute atomic E-state index is 0.156. The molecule has 0 aliphatic rings. The van der Waals surface area contributed by atoms with Gasteiger partial charge in [0.25, 0.3) is 5.56 Å². The highest BCUT2D eigenvalue weighted by molar-refractivity contribution is 6.34. The van der Waals surface area contributed by atoms with Crippen LogP contribution in [0.1, 0.15) is 10.4 Å². The van der Waals surface area contributed by atoms with Gasteiger partial charge in [-0.3, -0.25) is 4.79 Å². The Labute approximate surface area is 89.1 Å². The van der Waals surface area contributed by atoms with Crippen LogP contribution in [0.5, 0.6) is 0 Å². The van der Waals surface area contributed by atoms with Crippen molar-refractivity contribution < 1.29 is 9.90 Å². The molecule has 0 bridgehead atoms. The van der Waals surface area contributed by atoms with Crippen LogP contribution in [0.15, 0.2) is 29.1 Å². The van der Waals surface area contributed by atoms with Crippen molar-refractivity contribution in [2.45, 2.75) is 0 Å². The van der Waals surface area contributed by atoms with E-state index in [2.05, 4.69) is 4.98 Å². The monoisotopic (exact) mass is 223 g/mol. The molecule has 2 rings (SSSR count). The smallest absolute Gasteiger partial charge is 0.338 e. The number of carboxylic acids is 1. The van der Waals surface area contributed by atoms with Gasteiger partial charge in [0.05, 0.1) is 5.56 Å². The number of fused-ring (bicyclic) bond motifs is 1. The summed E-state index contributed by atoms with van der Waals surface area (Å²) in [4.78, 5) is 24.8. The molecule has 1 aromatic carbocycles. The number of hydrogen-bond donors (Lipinski definition) is 2. The number of halogens is 1. The van der Waals surface area contributed by atoms with Gasteiger partial charge < -0.3 is 10.1 Å². The standard InChI is InChI=1S/C10H6ClNO3/c11-8-7(10(14)15)5-3-1-2-4-6(5)12-9(8)13/h1-4H,(H,12,13)(H,14,15). The maximum absolute atomic E-state index is 11.3. The van der Waals surface area contributed by atoms with Crippen LogP contribution in [0.4, 0.5) is 0 Å². The van der Waals surface area contributed by atoms with Crippen molar-refractivity contribution in [3.05, 3.63) is 45.2 Å². The molecule has 4 nitrogen and oxygen atoms in total. The average molecular weight is 224 g/mol. The van der Waals surface area contributed by atoms with Crippen LogP contribution >= 0.6 is 11.6 Å². The molecule has 0 unspecified atom stereocenters. The van der Waals surface area contributed by atoms with E-state index in [4.69, 9.17) is 16.7 Å². The second kappa shape index (κ2) is 3.40. The lowest BCUT2D eigenvalue weighted by atomic mass is 10.1. The summed E-state index contributed by atoms with van der Waals surface area (Å²) < 4.78 is 0. The van der Waals surface area contributed by atoms with Crippen LogP contribution in [-0.2, 0) is 0 Å². The third-order valence-corrected chi connectivity index (χ3v) is 2.44. The molecule has 1 aromatic heterocycles. The first-order valence-corrected chi connectivity index (χ1v) is 4.53. The third-order valence-electron chi connectivity index (χ3n) is 2.08. The van der Waals surface area contributed by atoms with Crippen molar-refractivity contribution in [3.63, 3.8) is 0 Å². The number of aromatic carboxylic acids is 1. The molecule has 0 saturated carbocycles. The lowest BCUT2D eigenvalue weighted by molar-refractivity contribution is 0.0699. The fourth-order valence-electron chi connectivity index (χ4n) is 1.43. The minimum atomic E-state index is -1.21. The number of hydrogen-bond acceptors (Lipinski definition) is 2. The molecule has 5 heteroatoms. The summed E-state index contributed by atoms with van der Waals surface area (Å²) in [5.41, 5.74) is -0.284. The summed E-state index contributed by atoms with van der Waals surface area (Å²) in [6.45, 7) is 0. The fourth-order valence-corrected chi connectivity index (χ4v) is 1.66. The van der Waals surface area contributed by atoms with Gasteiger partial charge in [0, 0.05) is 10.9 Å². The molecule has 1 heterocycles. The Balaban J connectivity index is 3.02. The number of aromatic nitrogens is 1. The second-order valence-corrected chi connectivity index (χ2v) is 3.37. The van der Waals surface area contributed by atoms with Gasteiger partial charge in [-0.05, 0) is 6.07 Å². The molecule has 15 heavy (non-hydrogen) atoms. The molecule has 76 valence electrons. The first kappa shape index (κ1) is 9.73. The number of benzene rings is 1. The minimum Gasteiger partial charge on any atom is -0.478 e. The van der Waals surface area contributed by atoms with Crippen LogP contribution in [-0.4, -0.2) is 16.1 Å². The maximum atomic E-state index is 11.3. The number of para-hydroxylation sites is 1. The Kier molecular flexibility index (Phi) is 2.21. The van der Waals surface area contributed by atoms with Crippen molar-refractivity contribution in [2.24, 2.45) is 0 Å². The van der Waals surface area contributed by atoms with E-state index >= 15 is 0 Å². The van der Waals surface area contributed by atoms with Crippen LogP contribution in [0.3, 0.4) is 0 Å². The van der Waals surface area contributed by atoms with Crippen LogP contribution in [0.25, 0.3) is 10.9 Å². The van der Waals surface area contributed by atoms with E-state index in [1.54, 1.807) is 24.3 Å². The van der Waals surface area contributed by atoms with Gasteiger partial charge in [-0.15, -0.1) is 0 Å². The average Bonchev–Trinajstić information content (AvgIpc) is 2.19. The van der Waals surface area contributed by atoms with Crippen molar-refractivity contribution in [3.8, 4) is 0 Å². The Morgan fingerprint density at radius 1 is 1.33 bits per heavy atom. The second-order valence-electron chi connectivity index (χ2n) is 2.99. The molecule has 0 amide bonds. The Bertz CT molecular complexity index is 603. The highest BCUT2D eigenvalue weighted by atomic mass is 35.5. The number of nitrogens with one attached hydrogen (secondary N) is 1. The summed E-state index contributed by atoms with van der Waals surface area (Å²) in [6.07, 6.45) is 0. The van der Waals surface area contributed by atoms with Crippen LogP contribution in [0, 0.1) is 0 Å². The molecule has 0 fully saturated rings. The normalized spacial score (nSPS) is 10.5. The number of rotatable bonds is 1. The summed E-state index contributed by atoms with van der Waals surface area (Å²) >= 11 is 5.64. The van der Waals surface area contributed by atoms with E-state index < -0.39 is 11.5 Å². The number of carboxylic acid groups (broad SMARTS) is 1. The molecule has 0 aliphatic carbocycles. The van der Waals surface area contributed by atoms with Gasteiger partial charge in [0.1, 0.15) is 5.02 Å². The van der Waals surface area contributed by atoms with Crippen LogP contribution in [0.2, 0.25) is 5.02 Å². The summed E-state index contributed by atoms with van der Waals surface area (Å²) in [6, 6.07) is 6.61. The first-order chi connectivity index (χ1) is 7.11. The lowest BCUT2D eigenvalue weighted by Gasteiger charge is -2.03. The summed E-state index contributed by atoms with van der Waals surface area (Å²) in [7, 11) is 0. The number of carbonyl (C=O) groups is 1. The highest BCUT2D eigenvalue weighted by Crippen LogP contribution is 2.20. The Morgan fingerprint density at radius 2 is 2.00 bits per heavy atom. The topological polar surface area (TPSA) is 70.2 Å². The number of aromatic amines is 1. The quantitative estimate of drug-likeness (QED) is 0.776. The largest absolute Gasteiger partial charge is 0.478 e. The predicted molar refractivity (Wildman–Crippen MR) is 56.5 cm³/mol. The van der Waals surface area contributed by atoms with Crippen molar-refractivity contribution >= 4 is 28.5 Å². The van der Waals surface area contributed by atoms with Gasteiger partial charge >= 0.3 is 5.97 Å². The predicted octanol–water partition coefficient (Wildman–Crippen LogP) is 1.88. The highest BCUT2D eigenvalue weighted by Gasteiger charge is 2.16. The van der Waals surface area contributed by atoms with Crippen molar-refractivity contribution in [2.75, 3.05) is 0 Å². The Morgan fingerprint density at radius 3 is 2.67 bits per heavy atom. The SMILES string of the molecule is O=C(O)c1c(Cl)c(=O)[nH]c2ccccc12. The molecule has 2 aromatic rings. The zero-order chi connectivity index (χ0) is 11.0. The van der Waals surface area contributed by atoms with Gasteiger partial charge in [-0.2, -0.15) is 0 Å². The molecule has 0 spiro atoms. The molecule has 0 atom stereocenters. The van der Waals surface area contributed by atoms with Crippen LogP contribution < -0.4 is 5.56 Å². The van der Waals surface area contributed by atoms with Gasteiger partial charge in [-0.25, -0.2) is 4.79 Å². The number of pyridine rings is 1. The summed E-state index contributed by atoms with van der Waals surface area (Å²) in [5.74, 6) is -1.21. The number of H-pyrrole nitrogens is 1. The molecular formula is C10H6ClNO3. The zero-order valence-electron chi connectivity index (χ0n) is 7.45. The van der Waals surface area contributed by atoms with E-state index in [1.165, 1.54) is 0 Å². The van der Waals surface area contributed by atoms with Gasteiger partial charge in [0.15, 0.2) is 0 Å². The molecular weight excluding hydrogens is 218 g/mol. The first-order valence-electron chi connectivity index (χ1n) is 4.15. The maximum Gasteiger partial charge on any atom is 0.338 e. The van der Waals surface area contributed by atoms with Gasteiger partial charge in [-0.1, -0.05) is 29.8 Å². The third kappa shape index (κ3) is 1.49.